The van der Waals surface area contributed by atoms with Gasteiger partial charge >= 0.3 is 5.97 Å². The molecule has 25 heavy (non-hydrogen) atoms. The highest BCUT2D eigenvalue weighted by Crippen LogP contribution is 2.24. The molecule has 1 aromatic carbocycles. The van der Waals surface area contributed by atoms with Crippen LogP contribution in [0.4, 0.5) is 4.39 Å². The number of aryl methyl sites for hydroxylation is 1. The van der Waals surface area contributed by atoms with Crippen LogP contribution in [0.3, 0.4) is 0 Å². The third kappa shape index (κ3) is 4.21. The van der Waals surface area contributed by atoms with Crippen molar-refractivity contribution in [2.75, 3.05) is 33.3 Å². The summed E-state index contributed by atoms with van der Waals surface area (Å²) in [5, 5.41) is 3.91. The van der Waals surface area contributed by atoms with Crippen molar-refractivity contribution in [1.29, 1.82) is 0 Å². The van der Waals surface area contributed by atoms with Crippen molar-refractivity contribution in [2.45, 2.75) is 19.5 Å². The van der Waals surface area contributed by atoms with E-state index in [9.17, 15) is 9.18 Å². The molecule has 0 unspecified atom stereocenters. The second kappa shape index (κ2) is 7.71. The number of piperazine rings is 1. The smallest absolute Gasteiger partial charge is 0.327 e. The van der Waals surface area contributed by atoms with Crippen molar-refractivity contribution in [2.24, 2.45) is 0 Å². The first-order chi connectivity index (χ1) is 12.1. The molecule has 2 heterocycles. The quantitative estimate of drug-likeness (QED) is 0.759. The van der Waals surface area contributed by atoms with E-state index in [0.29, 0.717) is 31.3 Å². The maximum atomic E-state index is 13.2. The summed E-state index contributed by atoms with van der Waals surface area (Å²) in [6.07, 6.45) is 0. The summed E-state index contributed by atoms with van der Waals surface area (Å²) in [6, 6.07) is 5.46. The molecule has 134 valence electrons. The summed E-state index contributed by atoms with van der Waals surface area (Å²) in [5.41, 5.74) is 0.732. The molecule has 0 radical (unpaired) electrons. The molecular formula is C17H21FN4O3. The predicted molar refractivity (Wildman–Crippen MR) is 87.0 cm³/mol. The molecule has 0 saturated carbocycles. The molecular weight excluding hydrogens is 327 g/mol. The highest BCUT2D eigenvalue weighted by molar-refractivity contribution is 5.77. The molecule has 1 saturated heterocycles. The van der Waals surface area contributed by atoms with E-state index in [2.05, 4.69) is 19.9 Å². The Bertz CT molecular complexity index is 711. The molecule has 2 aromatic rings. The van der Waals surface area contributed by atoms with E-state index in [1.807, 2.05) is 0 Å². The van der Waals surface area contributed by atoms with Gasteiger partial charge < -0.3 is 9.26 Å². The minimum atomic E-state index is -0.528. The van der Waals surface area contributed by atoms with Gasteiger partial charge in [-0.05, 0) is 17.7 Å². The molecule has 1 aromatic heterocycles. The fourth-order valence-electron chi connectivity index (χ4n) is 3.04. The lowest BCUT2D eigenvalue weighted by molar-refractivity contribution is -0.148. The van der Waals surface area contributed by atoms with Crippen molar-refractivity contribution < 1.29 is 18.4 Å². The summed E-state index contributed by atoms with van der Waals surface area (Å²) in [5.74, 6) is 0.547. The number of aromatic nitrogens is 2. The van der Waals surface area contributed by atoms with Crippen LogP contribution >= 0.6 is 0 Å². The second-order valence-corrected chi connectivity index (χ2v) is 6.02. The van der Waals surface area contributed by atoms with E-state index in [-0.39, 0.29) is 11.8 Å². The SMILES string of the molecule is COC(=O)[C@H](c1ccc(F)cc1)N1CCN(Cc2noc(C)n2)CC1. The van der Waals surface area contributed by atoms with E-state index in [0.717, 1.165) is 18.7 Å². The normalized spacial score (nSPS) is 17.4. The molecule has 3 rings (SSSR count). The fourth-order valence-corrected chi connectivity index (χ4v) is 3.04. The minimum Gasteiger partial charge on any atom is -0.468 e. The number of halogens is 1. The third-order valence-electron chi connectivity index (χ3n) is 4.32. The number of hydrogen-bond acceptors (Lipinski definition) is 7. The molecule has 8 heteroatoms. The van der Waals surface area contributed by atoms with Gasteiger partial charge in [-0.15, -0.1) is 0 Å². The Balaban J connectivity index is 1.65. The fraction of sp³-hybridized carbons (Fsp3) is 0.471. The van der Waals surface area contributed by atoms with Crippen LogP contribution in [0, 0.1) is 12.7 Å². The molecule has 1 aliphatic heterocycles. The van der Waals surface area contributed by atoms with Crippen LogP contribution < -0.4 is 0 Å². The molecule has 1 aliphatic rings. The number of carbonyl (C=O) groups excluding carboxylic acids is 1. The first kappa shape index (κ1) is 17.5. The Kier molecular flexibility index (Phi) is 5.40. The van der Waals surface area contributed by atoms with Gasteiger partial charge in [0.2, 0.25) is 5.89 Å². The van der Waals surface area contributed by atoms with Crippen molar-refractivity contribution >= 4 is 5.97 Å². The number of carbonyl (C=O) groups is 1. The second-order valence-electron chi connectivity index (χ2n) is 6.02. The number of hydrogen-bond donors (Lipinski definition) is 0. The molecule has 0 N–H and O–H groups in total. The molecule has 7 nitrogen and oxygen atoms in total. The largest absolute Gasteiger partial charge is 0.468 e. The average Bonchev–Trinajstić information content (AvgIpc) is 3.03. The van der Waals surface area contributed by atoms with E-state index in [1.165, 1.54) is 19.2 Å². The first-order valence-electron chi connectivity index (χ1n) is 8.15. The van der Waals surface area contributed by atoms with Crippen molar-refractivity contribution in [1.82, 2.24) is 19.9 Å². The Morgan fingerprint density at radius 3 is 2.52 bits per heavy atom. The Hall–Kier alpha value is -2.32. The zero-order chi connectivity index (χ0) is 17.8. The monoisotopic (exact) mass is 348 g/mol. The molecule has 0 bridgehead atoms. The molecule has 1 fully saturated rings. The highest BCUT2D eigenvalue weighted by Gasteiger charge is 2.31. The van der Waals surface area contributed by atoms with Gasteiger partial charge in [-0.1, -0.05) is 17.3 Å². The number of methoxy groups -OCH3 is 1. The van der Waals surface area contributed by atoms with Crippen LogP contribution in [0.1, 0.15) is 23.3 Å². The maximum absolute atomic E-state index is 13.2. The Labute approximate surface area is 145 Å². The summed E-state index contributed by atoms with van der Waals surface area (Å²) in [7, 11) is 1.37. The van der Waals surface area contributed by atoms with E-state index in [4.69, 9.17) is 9.26 Å². The summed E-state index contributed by atoms with van der Waals surface area (Å²) in [6.45, 7) is 5.29. The molecule has 0 amide bonds. The Morgan fingerprint density at radius 1 is 1.28 bits per heavy atom. The average molecular weight is 348 g/mol. The van der Waals surface area contributed by atoms with Gasteiger partial charge in [-0.3, -0.25) is 9.80 Å². The van der Waals surface area contributed by atoms with Gasteiger partial charge in [0, 0.05) is 33.1 Å². The predicted octanol–water partition coefficient (Wildman–Crippen LogP) is 1.55. The van der Waals surface area contributed by atoms with Gasteiger partial charge in [0.15, 0.2) is 5.82 Å². The van der Waals surface area contributed by atoms with Crippen LogP contribution in [0.2, 0.25) is 0 Å². The zero-order valence-corrected chi connectivity index (χ0v) is 14.3. The van der Waals surface area contributed by atoms with Crippen LogP contribution in [-0.4, -0.2) is 59.2 Å². The molecule has 0 aliphatic carbocycles. The van der Waals surface area contributed by atoms with Crippen molar-refractivity contribution in [3.63, 3.8) is 0 Å². The number of esters is 1. The zero-order valence-electron chi connectivity index (χ0n) is 14.3. The number of benzene rings is 1. The van der Waals surface area contributed by atoms with Gasteiger partial charge in [0.25, 0.3) is 0 Å². The topological polar surface area (TPSA) is 71.7 Å². The van der Waals surface area contributed by atoms with E-state index >= 15 is 0 Å². The van der Waals surface area contributed by atoms with Gasteiger partial charge in [-0.2, -0.15) is 4.98 Å². The summed E-state index contributed by atoms with van der Waals surface area (Å²) in [4.78, 5) is 20.7. The lowest BCUT2D eigenvalue weighted by Crippen LogP contribution is -2.49. The number of ether oxygens (including phenoxy) is 1. The van der Waals surface area contributed by atoms with Crippen molar-refractivity contribution in [3.05, 3.63) is 47.4 Å². The molecule has 0 spiro atoms. The summed E-state index contributed by atoms with van der Waals surface area (Å²) < 4.78 is 23.1. The number of rotatable bonds is 5. The van der Waals surface area contributed by atoms with Crippen LogP contribution in [0.5, 0.6) is 0 Å². The first-order valence-corrected chi connectivity index (χ1v) is 8.15. The maximum Gasteiger partial charge on any atom is 0.327 e. The van der Waals surface area contributed by atoms with Crippen molar-refractivity contribution in [3.8, 4) is 0 Å². The highest BCUT2D eigenvalue weighted by atomic mass is 19.1. The van der Waals surface area contributed by atoms with Gasteiger partial charge in [0.1, 0.15) is 11.9 Å². The van der Waals surface area contributed by atoms with Crippen LogP contribution in [-0.2, 0) is 16.1 Å². The van der Waals surface area contributed by atoms with Gasteiger partial charge in [-0.25, -0.2) is 9.18 Å². The van der Waals surface area contributed by atoms with Crippen LogP contribution in [0.25, 0.3) is 0 Å². The lowest BCUT2D eigenvalue weighted by atomic mass is 10.0. The van der Waals surface area contributed by atoms with E-state index < -0.39 is 6.04 Å². The minimum absolute atomic E-state index is 0.326. The molecule has 1 atom stereocenters. The van der Waals surface area contributed by atoms with Gasteiger partial charge in [0.05, 0.1) is 13.7 Å². The summed E-state index contributed by atoms with van der Waals surface area (Å²) >= 11 is 0. The van der Waals surface area contributed by atoms with E-state index in [1.54, 1.807) is 19.1 Å². The Morgan fingerprint density at radius 2 is 1.96 bits per heavy atom. The third-order valence-corrected chi connectivity index (χ3v) is 4.32. The number of nitrogens with zero attached hydrogens (tertiary/aromatic N) is 4. The standard InChI is InChI=1S/C17H21FN4O3/c1-12-19-15(20-25-12)11-21-7-9-22(10-8-21)16(17(23)24-2)13-3-5-14(18)6-4-13/h3-6,16H,7-11H2,1-2H3/t16-/m0/s1. The van der Waals surface area contributed by atoms with Crippen LogP contribution in [0.15, 0.2) is 28.8 Å². The lowest BCUT2D eigenvalue weighted by Gasteiger charge is -2.37.